The molecule has 0 saturated carbocycles. The van der Waals surface area contributed by atoms with Crippen LogP contribution in [0.15, 0.2) is 12.7 Å². The van der Waals surface area contributed by atoms with E-state index < -0.39 is 0 Å². The molecule has 0 fully saturated rings. The van der Waals surface area contributed by atoms with Crippen molar-refractivity contribution in [3.05, 3.63) is 12.7 Å². The molecule has 0 aromatic rings. The number of hydrogen-bond donors (Lipinski definition) is 1. The Labute approximate surface area is 76.5 Å². The minimum Gasteiger partial charge on any atom is -0.393 e. The Morgan fingerprint density at radius 3 is 2.42 bits per heavy atom. The molecule has 72 valence electrons. The molecule has 0 aliphatic rings. The Kier molecular flexibility index (Phi) is 7.17. The summed E-state index contributed by atoms with van der Waals surface area (Å²) in [5, 5.41) is 9.21. The van der Waals surface area contributed by atoms with Crippen LogP contribution in [0.3, 0.4) is 0 Å². The normalized spacial score (nSPS) is 15.6. The van der Waals surface area contributed by atoms with Crippen LogP contribution in [-0.2, 0) is 0 Å². The van der Waals surface area contributed by atoms with Gasteiger partial charge in [-0.2, -0.15) is 0 Å². The molecular formula is C11H22O. The molecule has 0 aromatic carbocycles. The Morgan fingerprint density at radius 1 is 1.25 bits per heavy atom. The van der Waals surface area contributed by atoms with Gasteiger partial charge in [0.25, 0.3) is 0 Å². The van der Waals surface area contributed by atoms with Crippen LogP contribution in [0.4, 0.5) is 0 Å². The third kappa shape index (κ3) is 6.41. The van der Waals surface area contributed by atoms with Crippen molar-refractivity contribution in [2.24, 2.45) is 5.92 Å². The van der Waals surface area contributed by atoms with E-state index in [0.29, 0.717) is 5.92 Å². The standard InChI is InChI=1S/C11H22O/c1-4-5-6-7-8-9-10(2)11(3)12/h4,10-12H,1,5-9H2,2-3H3. The van der Waals surface area contributed by atoms with Gasteiger partial charge >= 0.3 is 0 Å². The van der Waals surface area contributed by atoms with E-state index in [2.05, 4.69) is 13.5 Å². The zero-order valence-corrected chi connectivity index (χ0v) is 8.42. The third-order valence-corrected chi connectivity index (χ3v) is 2.39. The number of unbranched alkanes of at least 4 members (excludes halogenated alkanes) is 3. The van der Waals surface area contributed by atoms with Gasteiger partial charge in [0, 0.05) is 0 Å². The molecule has 0 spiro atoms. The van der Waals surface area contributed by atoms with Crippen molar-refractivity contribution in [1.29, 1.82) is 0 Å². The van der Waals surface area contributed by atoms with E-state index in [4.69, 9.17) is 0 Å². The van der Waals surface area contributed by atoms with Crippen LogP contribution in [0.25, 0.3) is 0 Å². The molecule has 0 heterocycles. The fraction of sp³-hybridized carbons (Fsp3) is 0.818. The summed E-state index contributed by atoms with van der Waals surface area (Å²) in [6.07, 6.45) is 7.85. The van der Waals surface area contributed by atoms with Crippen LogP contribution < -0.4 is 0 Å². The number of allylic oxidation sites excluding steroid dienone is 1. The summed E-state index contributed by atoms with van der Waals surface area (Å²) in [6.45, 7) is 7.66. The SMILES string of the molecule is C=CCCCCCC(C)C(C)O. The first kappa shape index (κ1) is 11.7. The first-order valence-electron chi connectivity index (χ1n) is 4.97. The average Bonchev–Trinajstić information content (AvgIpc) is 2.03. The smallest absolute Gasteiger partial charge is 0.0537 e. The van der Waals surface area contributed by atoms with Crippen LogP contribution in [0, 0.1) is 5.92 Å². The van der Waals surface area contributed by atoms with Crippen LogP contribution in [-0.4, -0.2) is 11.2 Å². The van der Waals surface area contributed by atoms with Gasteiger partial charge in [0.2, 0.25) is 0 Å². The largest absolute Gasteiger partial charge is 0.393 e. The van der Waals surface area contributed by atoms with E-state index in [-0.39, 0.29) is 6.10 Å². The molecule has 1 nitrogen and oxygen atoms in total. The molecule has 0 bridgehead atoms. The van der Waals surface area contributed by atoms with Gasteiger partial charge < -0.3 is 5.11 Å². The summed E-state index contributed by atoms with van der Waals surface area (Å²) in [6, 6.07) is 0. The first-order chi connectivity index (χ1) is 5.68. The minimum atomic E-state index is -0.149. The van der Waals surface area contributed by atoms with Gasteiger partial charge in [0.1, 0.15) is 0 Å². The molecule has 0 amide bonds. The van der Waals surface area contributed by atoms with Gasteiger partial charge in [-0.3, -0.25) is 0 Å². The summed E-state index contributed by atoms with van der Waals surface area (Å²) in [4.78, 5) is 0. The monoisotopic (exact) mass is 170 g/mol. The highest BCUT2D eigenvalue weighted by molar-refractivity contribution is 4.66. The highest BCUT2D eigenvalue weighted by Crippen LogP contribution is 2.13. The van der Waals surface area contributed by atoms with Gasteiger partial charge in [-0.25, -0.2) is 0 Å². The van der Waals surface area contributed by atoms with Crippen molar-refractivity contribution >= 4 is 0 Å². The number of aliphatic hydroxyl groups is 1. The van der Waals surface area contributed by atoms with Crippen molar-refractivity contribution in [1.82, 2.24) is 0 Å². The fourth-order valence-corrected chi connectivity index (χ4v) is 1.17. The van der Waals surface area contributed by atoms with Crippen molar-refractivity contribution in [2.75, 3.05) is 0 Å². The predicted molar refractivity (Wildman–Crippen MR) is 54.1 cm³/mol. The molecular weight excluding hydrogens is 148 g/mol. The lowest BCUT2D eigenvalue weighted by Crippen LogP contribution is -2.12. The second kappa shape index (κ2) is 7.35. The maximum Gasteiger partial charge on any atom is 0.0537 e. The van der Waals surface area contributed by atoms with E-state index in [1.54, 1.807) is 0 Å². The second-order valence-corrected chi connectivity index (χ2v) is 3.64. The first-order valence-corrected chi connectivity index (χ1v) is 4.97. The highest BCUT2D eigenvalue weighted by atomic mass is 16.3. The van der Waals surface area contributed by atoms with Crippen LogP contribution in [0.2, 0.25) is 0 Å². The summed E-state index contributed by atoms with van der Waals surface area (Å²) in [5.74, 6) is 0.453. The van der Waals surface area contributed by atoms with Crippen LogP contribution in [0.1, 0.15) is 46.0 Å². The molecule has 1 N–H and O–H groups in total. The lowest BCUT2D eigenvalue weighted by Gasteiger charge is -2.13. The fourth-order valence-electron chi connectivity index (χ4n) is 1.17. The van der Waals surface area contributed by atoms with Crippen LogP contribution in [0.5, 0.6) is 0 Å². The maximum atomic E-state index is 9.21. The third-order valence-electron chi connectivity index (χ3n) is 2.39. The minimum absolute atomic E-state index is 0.149. The number of aliphatic hydroxyl groups excluding tert-OH is 1. The zero-order valence-electron chi connectivity index (χ0n) is 8.42. The van der Waals surface area contributed by atoms with Crippen molar-refractivity contribution in [3.8, 4) is 0 Å². The van der Waals surface area contributed by atoms with Crippen LogP contribution >= 0.6 is 0 Å². The Morgan fingerprint density at radius 2 is 1.92 bits per heavy atom. The molecule has 0 aliphatic carbocycles. The molecule has 0 rings (SSSR count). The molecule has 0 aliphatic heterocycles. The molecule has 1 heteroatoms. The van der Waals surface area contributed by atoms with E-state index in [0.717, 1.165) is 12.8 Å². The van der Waals surface area contributed by atoms with E-state index in [9.17, 15) is 5.11 Å². The number of rotatable bonds is 7. The average molecular weight is 170 g/mol. The van der Waals surface area contributed by atoms with Gasteiger partial charge in [-0.05, 0) is 32.1 Å². The summed E-state index contributed by atoms with van der Waals surface area (Å²) in [5.41, 5.74) is 0. The summed E-state index contributed by atoms with van der Waals surface area (Å²) < 4.78 is 0. The Bertz CT molecular complexity index is 108. The van der Waals surface area contributed by atoms with Crippen molar-refractivity contribution in [2.45, 2.75) is 52.1 Å². The predicted octanol–water partition coefficient (Wildman–Crippen LogP) is 3.14. The topological polar surface area (TPSA) is 20.2 Å². The van der Waals surface area contributed by atoms with Crippen molar-refractivity contribution < 1.29 is 5.11 Å². The van der Waals surface area contributed by atoms with Gasteiger partial charge in [-0.15, -0.1) is 6.58 Å². The van der Waals surface area contributed by atoms with Crippen molar-refractivity contribution in [3.63, 3.8) is 0 Å². The highest BCUT2D eigenvalue weighted by Gasteiger charge is 2.06. The lowest BCUT2D eigenvalue weighted by molar-refractivity contribution is 0.128. The lowest BCUT2D eigenvalue weighted by atomic mass is 9.98. The molecule has 0 radical (unpaired) electrons. The summed E-state index contributed by atoms with van der Waals surface area (Å²) >= 11 is 0. The molecule has 0 saturated heterocycles. The molecule has 12 heavy (non-hydrogen) atoms. The molecule has 2 unspecified atom stereocenters. The van der Waals surface area contributed by atoms with Gasteiger partial charge in [0.05, 0.1) is 6.10 Å². The van der Waals surface area contributed by atoms with E-state index in [1.165, 1.54) is 19.3 Å². The summed E-state index contributed by atoms with van der Waals surface area (Å²) in [7, 11) is 0. The zero-order chi connectivity index (χ0) is 9.40. The molecule has 0 aromatic heterocycles. The second-order valence-electron chi connectivity index (χ2n) is 3.64. The Hall–Kier alpha value is -0.300. The molecule has 2 atom stereocenters. The Balaban J connectivity index is 3.13. The number of hydrogen-bond acceptors (Lipinski definition) is 1. The quantitative estimate of drug-likeness (QED) is 0.459. The van der Waals surface area contributed by atoms with E-state index in [1.807, 2.05) is 13.0 Å². The van der Waals surface area contributed by atoms with Gasteiger partial charge in [0.15, 0.2) is 0 Å². The van der Waals surface area contributed by atoms with Gasteiger partial charge in [-0.1, -0.05) is 25.8 Å². The maximum absolute atomic E-state index is 9.21. The van der Waals surface area contributed by atoms with E-state index >= 15 is 0 Å².